The zero-order valence-corrected chi connectivity index (χ0v) is 17.2. The molecule has 0 radical (unpaired) electrons. The number of carbonyl (C=O) groups excluding carboxylic acids is 1. The molecule has 0 aromatic carbocycles. The fraction of sp³-hybridized carbons (Fsp3) is 0.333. The smallest absolute Gasteiger partial charge is 0.310 e. The lowest BCUT2D eigenvalue weighted by Crippen LogP contribution is -2.42. The Morgan fingerprint density at radius 2 is 2.18 bits per heavy atom. The first-order valence-electron chi connectivity index (χ1n) is 8.77. The van der Waals surface area contributed by atoms with Gasteiger partial charge in [-0.05, 0) is 36.4 Å². The average Bonchev–Trinajstić information content (AvgIpc) is 3.36. The molecule has 4 rings (SSSR count). The fourth-order valence-electron chi connectivity index (χ4n) is 3.24. The minimum Gasteiger partial charge on any atom is -0.459 e. The summed E-state index contributed by atoms with van der Waals surface area (Å²) in [4.78, 5) is 16.9. The van der Waals surface area contributed by atoms with E-state index in [1.54, 1.807) is 46.4 Å². The number of imidazole rings is 1. The summed E-state index contributed by atoms with van der Waals surface area (Å²) in [7, 11) is -3.56. The maximum atomic E-state index is 12.7. The van der Waals surface area contributed by atoms with E-state index in [9.17, 15) is 13.2 Å². The van der Waals surface area contributed by atoms with Crippen molar-refractivity contribution < 1.29 is 17.9 Å². The van der Waals surface area contributed by atoms with Gasteiger partial charge in [0.25, 0.3) is 10.0 Å². The molecule has 0 aliphatic carbocycles. The van der Waals surface area contributed by atoms with Crippen molar-refractivity contribution in [2.75, 3.05) is 13.1 Å². The van der Waals surface area contributed by atoms with Gasteiger partial charge in [-0.25, -0.2) is 13.4 Å². The van der Waals surface area contributed by atoms with Gasteiger partial charge in [0.1, 0.15) is 16.5 Å². The molecule has 3 aromatic heterocycles. The molecule has 1 aliphatic rings. The molecule has 0 spiro atoms. The Morgan fingerprint density at radius 3 is 2.96 bits per heavy atom. The van der Waals surface area contributed by atoms with Crippen LogP contribution >= 0.6 is 22.9 Å². The van der Waals surface area contributed by atoms with Crippen LogP contribution in [0.1, 0.15) is 18.5 Å². The van der Waals surface area contributed by atoms with Gasteiger partial charge in [0.05, 0.1) is 16.6 Å². The number of sulfonamides is 1. The standard InChI is InChI=1S/C18H18ClN3O4S2/c19-14-5-6-16-20-15(11-21(16)10-14)12-26-18(23)13-3-1-7-22(9-13)28(24,25)17-4-2-8-27-17/h2,4-6,8,10-11,13H,1,3,7,9,12H2. The van der Waals surface area contributed by atoms with Gasteiger partial charge in [-0.1, -0.05) is 17.7 Å². The quantitative estimate of drug-likeness (QED) is 0.570. The largest absolute Gasteiger partial charge is 0.459 e. The van der Waals surface area contributed by atoms with Crippen molar-refractivity contribution in [2.45, 2.75) is 23.7 Å². The number of hydrogen-bond donors (Lipinski definition) is 0. The number of rotatable bonds is 5. The Kier molecular flexibility index (Phi) is 5.42. The molecule has 1 atom stereocenters. The molecule has 1 aliphatic heterocycles. The third-order valence-electron chi connectivity index (χ3n) is 4.63. The summed E-state index contributed by atoms with van der Waals surface area (Å²) in [6, 6.07) is 6.80. The van der Waals surface area contributed by atoms with Gasteiger partial charge in [0.2, 0.25) is 0 Å². The highest BCUT2D eigenvalue weighted by molar-refractivity contribution is 7.91. The third-order valence-corrected chi connectivity index (χ3v) is 8.10. The lowest BCUT2D eigenvalue weighted by molar-refractivity contribution is -0.151. The van der Waals surface area contributed by atoms with Crippen molar-refractivity contribution in [3.8, 4) is 0 Å². The van der Waals surface area contributed by atoms with Crippen LogP contribution in [0, 0.1) is 5.92 Å². The molecule has 10 heteroatoms. The number of nitrogens with zero attached hydrogens (tertiary/aromatic N) is 3. The minimum absolute atomic E-state index is 0.0340. The van der Waals surface area contributed by atoms with Gasteiger partial charge >= 0.3 is 5.97 Å². The van der Waals surface area contributed by atoms with E-state index in [0.717, 1.165) is 0 Å². The number of hydrogen-bond acceptors (Lipinski definition) is 6. The van der Waals surface area contributed by atoms with E-state index >= 15 is 0 Å². The van der Waals surface area contributed by atoms with Gasteiger partial charge in [0.15, 0.2) is 0 Å². The van der Waals surface area contributed by atoms with E-state index in [1.165, 1.54) is 15.6 Å². The van der Waals surface area contributed by atoms with E-state index in [-0.39, 0.29) is 13.2 Å². The minimum atomic E-state index is -3.56. The zero-order chi connectivity index (χ0) is 19.7. The molecule has 0 N–H and O–H groups in total. The molecule has 3 aromatic rings. The second-order valence-electron chi connectivity index (χ2n) is 6.59. The van der Waals surface area contributed by atoms with Crippen molar-refractivity contribution in [3.63, 3.8) is 0 Å². The number of carbonyl (C=O) groups is 1. The topological polar surface area (TPSA) is 81.0 Å². The van der Waals surface area contributed by atoms with Crippen molar-refractivity contribution >= 4 is 44.6 Å². The van der Waals surface area contributed by atoms with Crippen LogP contribution in [0.5, 0.6) is 0 Å². The number of piperidine rings is 1. The van der Waals surface area contributed by atoms with E-state index < -0.39 is 21.9 Å². The second-order valence-corrected chi connectivity index (χ2v) is 10.1. The van der Waals surface area contributed by atoms with Gasteiger partial charge in [0, 0.05) is 25.5 Å². The molecule has 28 heavy (non-hydrogen) atoms. The van der Waals surface area contributed by atoms with E-state index in [4.69, 9.17) is 16.3 Å². The highest BCUT2D eigenvalue weighted by atomic mass is 35.5. The monoisotopic (exact) mass is 439 g/mol. The van der Waals surface area contributed by atoms with Gasteiger partial charge in [-0.2, -0.15) is 4.31 Å². The normalized spacial score (nSPS) is 18.4. The molecular formula is C18H18ClN3O4S2. The first kappa shape index (κ1) is 19.4. The number of esters is 1. The van der Waals surface area contributed by atoms with E-state index in [2.05, 4.69) is 4.98 Å². The third kappa shape index (κ3) is 3.93. The Labute approximate surface area is 171 Å². The molecule has 0 amide bonds. The van der Waals surface area contributed by atoms with Crippen LogP contribution in [0.2, 0.25) is 5.02 Å². The molecule has 1 saturated heterocycles. The van der Waals surface area contributed by atoms with Crippen LogP contribution in [0.4, 0.5) is 0 Å². The summed E-state index contributed by atoms with van der Waals surface area (Å²) in [5.41, 5.74) is 1.32. The summed E-state index contributed by atoms with van der Waals surface area (Å²) in [6.45, 7) is 0.587. The summed E-state index contributed by atoms with van der Waals surface area (Å²) in [6.07, 6.45) is 4.71. The molecule has 0 bridgehead atoms. The molecule has 1 fully saturated rings. The van der Waals surface area contributed by atoms with Crippen molar-refractivity contribution in [2.24, 2.45) is 5.92 Å². The van der Waals surface area contributed by atoms with Crippen LogP contribution in [0.15, 0.2) is 46.2 Å². The zero-order valence-electron chi connectivity index (χ0n) is 14.8. The van der Waals surface area contributed by atoms with Crippen LogP contribution in [0.25, 0.3) is 5.65 Å². The van der Waals surface area contributed by atoms with Gasteiger partial charge in [-0.15, -0.1) is 11.3 Å². The lowest BCUT2D eigenvalue weighted by atomic mass is 10.00. The number of halogens is 1. The van der Waals surface area contributed by atoms with Gasteiger partial charge in [-0.3, -0.25) is 4.79 Å². The molecule has 1 unspecified atom stereocenters. The van der Waals surface area contributed by atoms with Crippen LogP contribution < -0.4 is 0 Å². The van der Waals surface area contributed by atoms with Crippen LogP contribution in [-0.2, 0) is 26.2 Å². The van der Waals surface area contributed by atoms with Gasteiger partial charge < -0.3 is 9.14 Å². The maximum absolute atomic E-state index is 12.7. The van der Waals surface area contributed by atoms with Crippen molar-refractivity contribution in [1.82, 2.24) is 13.7 Å². The number of thiophene rings is 1. The highest BCUT2D eigenvalue weighted by Crippen LogP contribution is 2.27. The number of aromatic nitrogens is 2. The highest BCUT2D eigenvalue weighted by Gasteiger charge is 2.34. The predicted octanol–water partition coefficient (Wildman–Crippen LogP) is 3.19. The van der Waals surface area contributed by atoms with E-state index in [0.29, 0.717) is 40.0 Å². The SMILES string of the molecule is O=C(OCc1cn2cc(Cl)ccc2n1)C1CCCN(S(=O)(=O)c2cccs2)C1. The Hall–Kier alpha value is -1.94. The lowest BCUT2D eigenvalue weighted by Gasteiger charge is -2.30. The average molecular weight is 440 g/mol. The predicted molar refractivity (Wildman–Crippen MR) is 106 cm³/mol. The van der Waals surface area contributed by atoms with Crippen molar-refractivity contribution in [3.05, 3.63) is 52.8 Å². The molecule has 7 nitrogen and oxygen atoms in total. The van der Waals surface area contributed by atoms with Crippen LogP contribution in [0.3, 0.4) is 0 Å². The molecule has 4 heterocycles. The first-order chi connectivity index (χ1) is 13.4. The summed E-state index contributed by atoms with van der Waals surface area (Å²) in [5.74, 6) is -0.879. The Morgan fingerprint density at radius 1 is 1.32 bits per heavy atom. The maximum Gasteiger partial charge on any atom is 0.310 e. The summed E-state index contributed by atoms with van der Waals surface area (Å²) < 4.78 is 34.2. The molecular weight excluding hydrogens is 422 g/mol. The number of fused-ring (bicyclic) bond motifs is 1. The van der Waals surface area contributed by atoms with Crippen LogP contribution in [-0.4, -0.2) is 41.2 Å². The number of pyridine rings is 1. The summed E-state index contributed by atoms with van der Waals surface area (Å²) in [5, 5.41) is 2.31. The number of ether oxygens (including phenoxy) is 1. The first-order valence-corrected chi connectivity index (χ1v) is 11.5. The van der Waals surface area contributed by atoms with E-state index in [1.807, 2.05) is 0 Å². The van der Waals surface area contributed by atoms with Crippen molar-refractivity contribution in [1.29, 1.82) is 0 Å². The Bertz CT molecular complexity index is 1100. The second kappa shape index (κ2) is 7.82. The summed E-state index contributed by atoms with van der Waals surface area (Å²) >= 11 is 7.14. The fourth-order valence-corrected chi connectivity index (χ4v) is 6.08. The Balaban J connectivity index is 1.40. The molecule has 0 saturated carbocycles. The molecule has 148 valence electrons.